The van der Waals surface area contributed by atoms with Crippen LogP contribution in [0.15, 0.2) is 78.9 Å². The number of hydrogen-bond donors (Lipinski definition) is 1. The molecule has 0 fully saturated rings. The van der Waals surface area contributed by atoms with Gasteiger partial charge in [0.2, 0.25) is 11.8 Å². The average molecular weight is 509 g/mol. The second-order valence-corrected chi connectivity index (χ2v) is 8.95. The Labute approximate surface area is 218 Å². The Morgan fingerprint density at radius 2 is 1.56 bits per heavy atom. The Bertz CT molecular complexity index is 1090. The summed E-state index contributed by atoms with van der Waals surface area (Å²) in [6, 6.07) is 23.8. The lowest BCUT2D eigenvalue weighted by Gasteiger charge is -2.32. The third-order valence-corrected chi connectivity index (χ3v) is 6.13. The fourth-order valence-electron chi connectivity index (χ4n) is 3.91. The van der Waals surface area contributed by atoms with E-state index < -0.39 is 6.04 Å². The molecule has 0 saturated heterocycles. The van der Waals surface area contributed by atoms with Gasteiger partial charge in [0.15, 0.2) is 0 Å². The van der Waals surface area contributed by atoms with Crippen LogP contribution in [0.25, 0.3) is 0 Å². The molecular formula is C29H33ClN2O4. The van der Waals surface area contributed by atoms with Gasteiger partial charge in [-0.3, -0.25) is 9.59 Å². The van der Waals surface area contributed by atoms with Crippen LogP contribution >= 0.6 is 11.6 Å². The van der Waals surface area contributed by atoms with Gasteiger partial charge >= 0.3 is 0 Å². The third-order valence-electron chi connectivity index (χ3n) is 5.88. The lowest BCUT2D eigenvalue weighted by atomic mass is 10.0. The molecule has 0 unspecified atom stereocenters. The van der Waals surface area contributed by atoms with Crippen LogP contribution in [0, 0.1) is 0 Å². The summed E-state index contributed by atoms with van der Waals surface area (Å²) in [5.74, 6) is 0.406. The predicted octanol–water partition coefficient (Wildman–Crippen LogP) is 4.68. The number of benzene rings is 3. The Morgan fingerprint density at radius 1 is 0.889 bits per heavy atom. The smallest absolute Gasteiger partial charge is 0.243 e. The normalized spacial score (nSPS) is 11.5. The Hall–Kier alpha value is -3.35. The van der Waals surface area contributed by atoms with E-state index in [0.29, 0.717) is 37.6 Å². The summed E-state index contributed by atoms with van der Waals surface area (Å²) in [7, 11) is 3.24. The van der Waals surface area contributed by atoms with Gasteiger partial charge in [-0.2, -0.15) is 0 Å². The maximum absolute atomic E-state index is 13.7. The summed E-state index contributed by atoms with van der Waals surface area (Å²) in [5, 5.41) is 3.61. The van der Waals surface area contributed by atoms with Gasteiger partial charge < -0.3 is 19.7 Å². The first-order valence-corrected chi connectivity index (χ1v) is 12.4. The molecule has 1 N–H and O–H groups in total. The molecule has 3 aromatic rings. The number of methoxy groups -OCH3 is 2. The molecule has 3 aromatic carbocycles. The van der Waals surface area contributed by atoms with E-state index in [1.165, 1.54) is 0 Å². The highest BCUT2D eigenvalue weighted by Gasteiger charge is 2.30. The molecule has 7 heteroatoms. The highest BCUT2D eigenvalue weighted by molar-refractivity contribution is 6.30. The van der Waals surface area contributed by atoms with Crippen molar-refractivity contribution >= 4 is 23.4 Å². The average Bonchev–Trinajstić information content (AvgIpc) is 2.90. The van der Waals surface area contributed by atoms with Crippen LogP contribution in [0.2, 0.25) is 5.02 Å². The lowest BCUT2D eigenvalue weighted by Crippen LogP contribution is -2.51. The molecule has 0 aliphatic carbocycles. The van der Waals surface area contributed by atoms with Crippen LogP contribution in [-0.2, 0) is 33.7 Å². The van der Waals surface area contributed by atoms with E-state index in [1.54, 1.807) is 31.3 Å². The topological polar surface area (TPSA) is 67.9 Å². The first-order chi connectivity index (χ1) is 17.5. The quantitative estimate of drug-likeness (QED) is 0.340. The summed E-state index contributed by atoms with van der Waals surface area (Å²) >= 11 is 6.03. The van der Waals surface area contributed by atoms with Crippen molar-refractivity contribution in [2.24, 2.45) is 0 Å². The zero-order chi connectivity index (χ0) is 25.8. The largest absolute Gasteiger partial charge is 0.497 e. The van der Waals surface area contributed by atoms with Gasteiger partial charge in [0.05, 0.1) is 13.5 Å². The highest BCUT2D eigenvalue weighted by atomic mass is 35.5. The zero-order valence-corrected chi connectivity index (χ0v) is 21.5. The van der Waals surface area contributed by atoms with Crippen molar-refractivity contribution in [3.63, 3.8) is 0 Å². The number of nitrogens with one attached hydrogen (secondary N) is 1. The first kappa shape index (κ1) is 27.2. The van der Waals surface area contributed by atoms with Crippen LogP contribution in [0.1, 0.15) is 23.1 Å². The van der Waals surface area contributed by atoms with Crippen LogP contribution in [-0.4, -0.2) is 50.1 Å². The van der Waals surface area contributed by atoms with Gasteiger partial charge in [-0.1, -0.05) is 66.2 Å². The molecule has 0 radical (unpaired) electrons. The van der Waals surface area contributed by atoms with Crippen molar-refractivity contribution in [1.82, 2.24) is 10.2 Å². The monoisotopic (exact) mass is 508 g/mol. The van der Waals surface area contributed by atoms with Crippen molar-refractivity contribution in [1.29, 1.82) is 0 Å². The van der Waals surface area contributed by atoms with E-state index in [0.717, 1.165) is 22.4 Å². The van der Waals surface area contributed by atoms with Crippen molar-refractivity contribution in [3.8, 4) is 5.75 Å². The van der Waals surface area contributed by atoms with Crippen LogP contribution < -0.4 is 10.1 Å². The molecule has 0 heterocycles. The van der Waals surface area contributed by atoms with E-state index >= 15 is 0 Å². The standard InChI is InChI=1S/C29H33ClN2O4/c1-35-18-6-17-31-29(34)27(19-22-7-4-3-5-8-22)32(21-24-11-15-26(36-2)16-12-24)28(33)20-23-9-13-25(30)14-10-23/h3-5,7-16,27H,6,17-21H2,1-2H3,(H,31,34)/t27-/m1/s1. The number of rotatable bonds is 13. The van der Waals surface area contributed by atoms with E-state index in [1.807, 2.05) is 66.7 Å². The molecule has 0 aromatic heterocycles. The summed E-state index contributed by atoms with van der Waals surface area (Å²) in [6.07, 6.45) is 1.26. The summed E-state index contributed by atoms with van der Waals surface area (Å²) in [5.41, 5.74) is 2.72. The van der Waals surface area contributed by atoms with Gasteiger partial charge in [0, 0.05) is 38.2 Å². The summed E-state index contributed by atoms with van der Waals surface area (Å²) < 4.78 is 10.4. The van der Waals surface area contributed by atoms with Gasteiger partial charge in [-0.15, -0.1) is 0 Å². The number of carbonyl (C=O) groups excluding carboxylic acids is 2. The number of ether oxygens (including phenoxy) is 2. The van der Waals surface area contributed by atoms with E-state index in [-0.39, 0.29) is 18.2 Å². The minimum absolute atomic E-state index is 0.138. The Kier molecular flexibility index (Phi) is 10.8. The maximum atomic E-state index is 13.7. The highest BCUT2D eigenvalue weighted by Crippen LogP contribution is 2.19. The number of halogens is 1. The summed E-state index contributed by atoms with van der Waals surface area (Å²) in [4.78, 5) is 28.8. The van der Waals surface area contributed by atoms with Crippen LogP contribution in [0.5, 0.6) is 5.75 Å². The van der Waals surface area contributed by atoms with E-state index in [2.05, 4.69) is 5.32 Å². The minimum atomic E-state index is -0.683. The third kappa shape index (κ3) is 8.40. The number of amides is 2. The van der Waals surface area contributed by atoms with Crippen molar-refractivity contribution in [2.75, 3.05) is 27.4 Å². The van der Waals surface area contributed by atoms with Crippen molar-refractivity contribution < 1.29 is 19.1 Å². The number of carbonyl (C=O) groups is 2. The predicted molar refractivity (Wildman–Crippen MR) is 142 cm³/mol. The van der Waals surface area contributed by atoms with Crippen LogP contribution in [0.3, 0.4) is 0 Å². The Morgan fingerprint density at radius 3 is 2.19 bits per heavy atom. The molecule has 3 rings (SSSR count). The fraction of sp³-hybridized carbons (Fsp3) is 0.310. The Balaban J connectivity index is 1.90. The van der Waals surface area contributed by atoms with Gasteiger partial charge in [0.1, 0.15) is 11.8 Å². The second kappa shape index (κ2) is 14.3. The molecular weight excluding hydrogens is 476 g/mol. The molecule has 0 saturated carbocycles. The molecule has 190 valence electrons. The molecule has 2 amide bonds. The second-order valence-electron chi connectivity index (χ2n) is 8.52. The molecule has 36 heavy (non-hydrogen) atoms. The van der Waals surface area contributed by atoms with Gasteiger partial charge in [0.25, 0.3) is 0 Å². The molecule has 0 aliphatic heterocycles. The van der Waals surface area contributed by atoms with E-state index in [4.69, 9.17) is 21.1 Å². The molecule has 6 nitrogen and oxygen atoms in total. The van der Waals surface area contributed by atoms with Gasteiger partial charge in [-0.05, 0) is 47.4 Å². The number of hydrogen-bond acceptors (Lipinski definition) is 4. The van der Waals surface area contributed by atoms with Crippen molar-refractivity contribution in [2.45, 2.75) is 31.8 Å². The SMILES string of the molecule is COCCCNC(=O)[C@@H](Cc1ccccc1)N(Cc1ccc(OC)cc1)C(=O)Cc1ccc(Cl)cc1. The van der Waals surface area contributed by atoms with E-state index in [9.17, 15) is 9.59 Å². The minimum Gasteiger partial charge on any atom is -0.497 e. The molecule has 0 aliphatic rings. The first-order valence-electron chi connectivity index (χ1n) is 12.0. The maximum Gasteiger partial charge on any atom is 0.243 e. The molecule has 1 atom stereocenters. The molecule has 0 spiro atoms. The summed E-state index contributed by atoms with van der Waals surface area (Å²) in [6.45, 7) is 1.31. The molecule has 0 bridgehead atoms. The van der Waals surface area contributed by atoms with Gasteiger partial charge in [-0.25, -0.2) is 0 Å². The zero-order valence-electron chi connectivity index (χ0n) is 20.8. The lowest BCUT2D eigenvalue weighted by molar-refractivity contribution is -0.140. The number of nitrogens with zero attached hydrogens (tertiary/aromatic N) is 1. The van der Waals surface area contributed by atoms with Crippen LogP contribution in [0.4, 0.5) is 0 Å². The van der Waals surface area contributed by atoms with Crippen molar-refractivity contribution in [3.05, 3.63) is 101 Å². The fourth-order valence-corrected chi connectivity index (χ4v) is 4.03.